The molecular weight excluding hydrogens is 300 g/mol. The van der Waals surface area contributed by atoms with Crippen molar-refractivity contribution >= 4 is 18.3 Å². The van der Waals surface area contributed by atoms with E-state index in [9.17, 15) is 4.79 Å². The van der Waals surface area contributed by atoms with Crippen molar-refractivity contribution < 1.29 is 9.53 Å². The molecule has 4 nitrogen and oxygen atoms in total. The number of piperidine rings is 1. The lowest BCUT2D eigenvalue weighted by Crippen LogP contribution is -2.44. The maximum absolute atomic E-state index is 12.2. The molecule has 5 heteroatoms. The second-order valence-corrected chi connectivity index (χ2v) is 6.11. The Balaban J connectivity index is 0.00000242. The van der Waals surface area contributed by atoms with E-state index in [2.05, 4.69) is 6.92 Å². The molecule has 0 aliphatic carbocycles. The Morgan fingerprint density at radius 2 is 1.95 bits per heavy atom. The van der Waals surface area contributed by atoms with Crippen molar-refractivity contribution in [3.63, 3.8) is 0 Å². The summed E-state index contributed by atoms with van der Waals surface area (Å²) in [6.07, 6.45) is 1.99. The molecule has 1 heterocycles. The number of carbonyl (C=O) groups is 1. The largest absolute Gasteiger partial charge is 0.484 e. The van der Waals surface area contributed by atoms with Crippen LogP contribution in [0.15, 0.2) is 18.2 Å². The van der Waals surface area contributed by atoms with Crippen LogP contribution in [0.3, 0.4) is 0 Å². The highest BCUT2D eigenvalue weighted by atomic mass is 35.5. The van der Waals surface area contributed by atoms with Gasteiger partial charge in [-0.05, 0) is 62.8 Å². The third-order valence-corrected chi connectivity index (χ3v) is 4.48. The van der Waals surface area contributed by atoms with Crippen LogP contribution in [0.1, 0.15) is 30.9 Å². The molecule has 22 heavy (non-hydrogen) atoms. The number of benzene rings is 1. The lowest BCUT2D eigenvalue weighted by Gasteiger charge is -2.33. The zero-order valence-corrected chi connectivity index (χ0v) is 14.5. The van der Waals surface area contributed by atoms with Gasteiger partial charge in [-0.3, -0.25) is 4.79 Å². The quantitative estimate of drug-likeness (QED) is 0.925. The number of amides is 1. The van der Waals surface area contributed by atoms with Gasteiger partial charge in [0, 0.05) is 19.1 Å². The molecule has 1 unspecified atom stereocenters. The molecular formula is C17H27ClN2O2. The Morgan fingerprint density at radius 1 is 1.32 bits per heavy atom. The zero-order valence-electron chi connectivity index (χ0n) is 13.7. The van der Waals surface area contributed by atoms with Crippen LogP contribution >= 0.6 is 12.4 Å². The second-order valence-electron chi connectivity index (χ2n) is 6.11. The summed E-state index contributed by atoms with van der Waals surface area (Å²) >= 11 is 0. The van der Waals surface area contributed by atoms with E-state index >= 15 is 0 Å². The van der Waals surface area contributed by atoms with Crippen molar-refractivity contribution in [3.05, 3.63) is 29.3 Å². The summed E-state index contributed by atoms with van der Waals surface area (Å²) in [6.45, 7) is 7.86. The molecule has 0 saturated carbocycles. The molecule has 0 spiro atoms. The summed E-state index contributed by atoms with van der Waals surface area (Å²) in [6, 6.07) is 6.13. The van der Waals surface area contributed by atoms with Gasteiger partial charge in [0.1, 0.15) is 5.75 Å². The van der Waals surface area contributed by atoms with E-state index in [4.69, 9.17) is 10.5 Å². The fourth-order valence-corrected chi connectivity index (χ4v) is 2.71. The van der Waals surface area contributed by atoms with Crippen LogP contribution in [0, 0.1) is 19.8 Å². The number of rotatable bonds is 4. The number of likely N-dealkylation sites (tertiary alicyclic amines) is 1. The van der Waals surface area contributed by atoms with Crippen molar-refractivity contribution in [2.45, 2.75) is 39.7 Å². The van der Waals surface area contributed by atoms with Gasteiger partial charge in [-0.15, -0.1) is 12.4 Å². The van der Waals surface area contributed by atoms with Crippen LogP contribution < -0.4 is 10.5 Å². The van der Waals surface area contributed by atoms with Gasteiger partial charge in [0.2, 0.25) is 0 Å². The molecule has 124 valence electrons. The average molecular weight is 327 g/mol. The van der Waals surface area contributed by atoms with Gasteiger partial charge in [0.15, 0.2) is 6.61 Å². The number of aryl methyl sites for hydroxylation is 2. The third-order valence-electron chi connectivity index (χ3n) is 4.48. The predicted molar refractivity (Wildman–Crippen MR) is 91.6 cm³/mol. The van der Waals surface area contributed by atoms with Crippen molar-refractivity contribution in [1.82, 2.24) is 4.90 Å². The van der Waals surface area contributed by atoms with Gasteiger partial charge in [0.05, 0.1) is 0 Å². The van der Waals surface area contributed by atoms with Gasteiger partial charge in [-0.1, -0.05) is 6.07 Å². The number of ether oxygens (including phenoxy) is 1. The minimum atomic E-state index is 0. The van der Waals surface area contributed by atoms with E-state index in [0.29, 0.717) is 5.92 Å². The van der Waals surface area contributed by atoms with E-state index in [1.807, 2.05) is 36.9 Å². The van der Waals surface area contributed by atoms with Gasteiger partial charge in [-0.25, -0.2) is 0 Å². The van der Waals surface area contributed by atoms with E-state index in [-0.39, 0.29) is 31.0 Å². The summed E-state index contributed by atoms with van der Waals surface area (Å²) < 4.78 is 5.62. The SMILES string of the molecule is Cc1ccc(OCC(=O)N2CCC(C(C)N)CC2)cc1C.Cl. The van der Waals surface area contributed by atoms with Crippen LogP contribution in [0.25, 0.3) is 0 Å². The summed E-state index contributed by atoms with van der Waals surface area (Å²) in [5.41, 5.74) is 8.33. The number of halogens is 1. The number of carbonyl (C=O) groups excluding carboxylic acids is 1. The minimum absolute atomic E-state index is 0. The fourth-order valence-electron chi connectivity index (χ4n) is 2.71. The van der Waals surface area contributed by atoms with Crippen molar-refractivity contribution in [1.29, 1.82) is 0 Å². The van der Waals surface area contributed by atoms with E-state index in [1.165, 1.54) is 11.1 Å². The molecule has 1 aromatic rings. The van der Waals surface area contributed by atoms with Gasteiger partial charge in [0.25, 0.3) is 5.91 Å². The summed E-state index contributed by atoms with van der Waals surface area (Å²) in [4.78, 5) is 14.1. The van der Waals surface area contributed by atoms with Gasteiger partial charge in [-0.2, -0.15) is 0 Å². The standard InChI is InChI=1S/C17H26N2O2.ClH/c1-12-4-5-16(10-13(12)2)21-11-17(20)19-8-6-15(7-9-19)14(3)18;/h4-5,10,14-15H,6-9,11,18H2,1-3H3;1H. The van der Waals surface area contributed by atoms with E-state index < -0.39 is 0 Å². The second kappa shape index (κ2) is 8.39. The minimum Gasteiger partial charge on any atom is -0.484 e. The summed E-state index contributed by atoms with van der Waals surface area (Å²) in [5, 5.41) is 0. The van der Waals surface area contributed by atoms with Crippen molar-refractivity contribution in [2.75, 3.05) is 19.7 Å². The van der Waals surface area contributed by atoms with Crippen LogP contribution in [0.2, 0.25) is 0 Å². The molecule has 2 rings (SSSR count). The summed E-state index contributed by atoms with van der Waals surface area (Å²) in [7, 11) is 0. The molecule has 1 aliphatic rings. The smallest absolute Gasteiger partial charge is 0.260 e. The Labute approximate surface area is 139 Å². The molecule has 1 aromatic carbocycles. The molecule has 1 saturated heterocycles. The average Bonchev–Trinajstić information content (AvgIpc) is 2.48. The number of nitrogens with zero attached hydrogens (tertiary/aromatic N) is 1. The highest BCUT2D eigenvalue weighted by Crippen LogP contribution is 2.20. The first-order valence-corrected chi connectivity index (χ1v) is 7.71. The molecule has 0 radical (unpaired) electrons. The molecule has 1 aliphatic heterocycles. The Kier molecular flexibility index (Phi) is 7.17. The van der Waals surface area contributed by atoms with Crippen LogP contribution in [-0.4, -0.2) is 36.5 Å². The highest BCUT2D eigenvalue weighted by molar-refractivity contribution is 5.85. The number of hydrogen-bond donors (Lipinski definition) is 1. The zero-order chi connectivity index (χ0) is 15.4. The maximum atomic E-state index is 12.2. The first kappa shape index (κ1) is 18.8. The van der Waals surface area contributed by atoms with Gasteiger partial charge >= 0.3 is 0 Å². The maximum Gasteiger partial charge on any atom is 0.260 e. The Hall–Kier alpha value is -1.26. The normalized spacial score (nSPS) is 16.8. The highest BCUT2D eigenvalue weighted by Gasteiger charge is 2.24. The molecule has 1 amide bonds. The van der Waals surface area contributed by atoms with E-state index in [1.54, 1.807) is 0 Å². The van der Waals surface area contributed by atoms with Gasteiger partial charge < -0.3 is 15.4 Å². The lowest BCUT2D eigenvalue weighted by molar-refractivity contribution is -0.134. The Morgan fingerprint density at radius 3 is 2.50 bits per heavy atom. The third kappa shape index (κ3) is 4.89. The molecule has 0 bridgehead atoms. The van der Waals surface area contributed by atoms with Crippen molar-refractivity contribution in [2.24, 2.45) is 11.7 Å². The number of hydrogen-bond acceptors (Lipinski definition) is 3. The molecule has 1 fully saturated rings. The Bertz CT molecular complexity index is 497. The van der Waals surface area contributed by atoms with E-state index in [0.717, 1.165) is 31.7 Å². The number of nitrogens with two attached hydrogens (primary N) is 1. The van der Waals surface area contributed by atoms with Crippen LogP contribution in [0.4, 0.5) is 0 Å². The van der Waals surface area contributed by atoms with Crippen molar-refractivity contribution in [3.8, 4) is 5.75 Å². The topological polar surface area (TPSA) is 55.6 Å². The first-order chi connectivity index (χ1) is 9.97. The van der Waals surface area contributed by atoms with Crippen LogP contribution in [0.5, 0.6) is 5.75 Å². The summed E-state index contributed by atoms with van der Waals surface area (Å²) in [5.74, 6) is 1.36. The fraction of sp³-hybridized carbons (Fsp3) is 0.588. The van der Waals surface area contributed by atoms with Crippen LogP contribution in [-0.2, 0) is 4.79 Å². The molecule has 1 atom stereocenters. The monoisotopic (exact) mass is 326 g/mol. The molecule has 0 aromatic heterocycles. The first-order valence-electron chi connectivity index (χ1n) is 7.71. The molecule has 2 N–H and O–H groups in total. The predicted octanol–water partition coefficient (Wildman–Crippen LogP) is 2.69. The lowest BCUT2D eigenvalue weighted by atomic mass is 9.91.